The lowest BCUT2D eigenvalue weighted by Crippen LogP contribution is -2.12. The van der Waals surface area contributed by atoms with Crippen molar-refractivity contribution in [2.24, 2.45) is 4.99 Å². The Morgan fingerprint density at radius 3 is 2.77 bits per heavy atom. The molecule has 0 aromatic heterocycles. The summed E-state index contributed by atoms with van der Waals surface area (Å²) in [6.07, 6.45) is 1.15. The summed E-state index contributed by atoms with van der Waals surface area (Å²) < 4.78 is 19.5. The fraction of sp³-hybridized carbons (Fsp3) is 0.200. The predicted octanol–water partition coefficient (Wildman–Crippen LogP) is 4.58. The molecule has 2 aromatic rings. The van der Waals surface area contributed by atoms with E-state index in [2.05, 4.69) is 10.3 Å². The first-order valence-electron chi connectivity index (χ1n) is 8.21. The minimum absolute atomic E-state index is 0.184. The summed E-state index contributed by atoms with van der Waals surface area (Å²) >= 11 is 6.14. The largest absolute Gasteiger partial charge is 0.460 e. The van der Waals surface area contributed by atoms with E-state index in [1.807, 2.05) is 0 Å². The van der Waals surface area contributed by atoms with Crippen LogP contribution >= 0.6 is 11.6 Å². The predicted molar refractivity (Wildman–Crippen MR) is 101 cm³/mol. The van der Waals surface area contributed by atoms with Gasteiger partial charge in [0.25, 0.3) is 0 Å². The fourth-order valence-corrected chi connectivity index (χ4v) is 2.83. The highest BCUT2D eigenvalue weighted by atomic mass is 35.5. The van der Waals surface area contributed by atoms with E-state index in [9.17, 15) is 9.18 Å². The highest BCUT2D eigenvalue weighted by molar-refractivity contribution is 6.31. The topological polar surface area (TPSA) is 50.7 Å². The summed E-state index contributed by atoms with van der Waals surface area (Å²) in [5.41, 5.74) is 2.78. The molecule has 0 aliphatic carbocycles. The molecule has 1 aliphatic rings. The summed E-state index contributed by atoms with van der Waals surface area (Å²) in [7, 11) is 0. The van der Waals surface area contributed by atoms with Crippen molar-refractivity contribution in [2.75, 3.05) is 11.9 Å². The van der Waals surface area contributed by atoms with Gasteiger partial charge in [-0.25, -0.2) is 9.18 Å². The summed E-state index contributed by atoms with van der Waals surface area (Å²) in [5, 5.41) is 3.69. The minimum Gasteiger partial charge on any atom is -0.460 e. The van der Waals surface area contributed by atoms with E-state index >= 15 is 0 Å². The molecule has 134 valence electrons. The molecule has 0 fully saturated rings. The zero-order valence-corrected chi connectivity index (χ0v) is 15.2. The number of hydrogen-bond acceptors (Lipinski definition) is 4. The Morgan fingerprint density at radius 1 is 1.27 bits per heavy atom. The van der Waals surface area contributed by atoms with E-state index in [0.717, 1.165) is 0 Å². The van der Waals surface area contributed by atoms with Crippen molar-refractivity contribution >= 4 is 29.0 Å². The van der Waals surface area contributed by atoms with Gasteiger partial charge in [0.05, 0.1) is 18.4 Å². The lowest BCUT2D eigenvalue weighted by Gasteiger charge is -2.12. The molecule has 0 bridgehead atoms. The molecule has 0 atom stereocenters. The molecular formula is C20H18ClFN2O2. The van der Waals surface area contributed by atoms with Gasteiger partial charge in [0.2, 0.25) is 0 Å². The summed E-state index contributed by atoms with van der Waals surface area (Å²) in [4.78, 5) is 16.5. The zero-order valence-electron chi connectivity index (χ0n) is 14.4. The van der Waals surface area contributed by atoms with Crippen LogP contribution in [0.5, 0.6) is 0 Å². The number of nitrogens with zero attached hydrogens (tertiary/aromatic N) is 1. The van der Waals surface area contributed by atoms with Gasteiger partial charge in [-0.1, -0.05) is 23.7 Å². The van der Waals surface area contributed by atoms with Crippen molar-refractivity contribution in [3.05, 3.63) is 76.2 Å². The number of carbonyl (C=O) groups excluding carboxylic acids is 1. The van der Waals surface area contributed by atoms with Crippen LogP contribution < -0.4 is 5.32 Å². The Bertz CT molecular complexity index is 906. The minimum atomic E-state index is -0.456. The van der Waals surface area contributed by atoms with Crippen molar-refractivity contribution in [3.8, 4) is 0 Å². The average Bonchev–Trinajstić information content (AvgIpc) is 2.74. The normalized spacial score (nSPS) is 15.1. The molecule has 1 heterocycles. The van der Waals surface area contributed by atoms with Gasteiger partial charge in [-0.3, -0.25) is 4.99 Å². The van der Waals surface area contributed by atoms with E-state index in [1.165, 1.54) is 12.1 Å². The molecule has 4 nitrogen and oxygen atoms in total. The van der Waals surface area contributed by atoms with Gasteiger partial charge >= 0.3 is 5.97 Å². The molecule has 0 spiro atoms. The number of carbonyl (C=O) groups is 1. The van der Waals surface area contributed by atoms with Crippen LogP contribution in [-0.4, -0.2) is 24.3 Å². The van der Waals surface area contributed by atoms with Gasteiger partial charge in [0.1, 0.15) is 5.82 Å². The van der Waals surface area contributed by atoms with Crippen LogP contribution in [0.4, 0.5) is 10.1 Å². The van der Waals surface area contributed by atoms with Crippen molar-refractivity contribution < 1.29 is 13.9 Å². The molecule has 3 rings (SSSR count). The first-order valence-corrected chi connectivity index (χ1v) is 8.59. The van der Waals surface area contributed by atoms with E-state index in [0.29, 0.717) is 33.2 Å². The number of rotatable bonds is 3. The van der Waals surface area contributed by atoms with Gasteiger partial charge in [0, 0.05) is 33.6 Å². The number of halogens is 2. The molecule has 1 N–H and O–H groups in total. The number of nitrogens with one attached hydrogen (secondary N) is 1. The number of fused-ring (bicyclic) bond motifs is 1. The van der Waals surface area contributed by atoms with Crippen LogP contribution in [0.1, 0.15) is 25.0 Å². The van der Waals surface area contributed by atoms with Crippen LogP contribution in [0.3, 0.4) is 0 Å². The number of benzodiazepines with no additional fused rings is 1. The summed E-state index contributed by atoms with van der Waals surface area (Å²) in [5.74, 6) is -0.827. The second kappa shape index (κ2) is 7.70. The molecule has 0 saturated heterocycles. The average molecular weight is 373 g/mol. The highest BCUT2D eigenvalue weighted by Gasteiger charge is 2.20. The molecule has 0 amide bonds. The number of hydrogen-bond donors (Lipinski definition) is 1. The monoisotopic (exact) mass is 372 g/mol. The number of ether oxygens (including phenoxy) is 1. The van der Waals surface area contributed by atoms with Crippen LogP contribution in [0.2, 0.25) is 5.02 Å². The maximum Gasteiger partial charge on any atom is 0.332 e. The Kier molecular flexibility index (Phi) is 5.38. The van der Waals surface area contributed by atoms with Crippen LogP contribution in [0, 0.1) is 5.82 Å². The molecule has 0 saturated carbocycles. The Balaban J connectivity index is 2.06. The maximum atomic E-state index is 14.3. The molecule has 1 aliphatic heterocycles. The summed E-state index contributed by atoms with van der Waals surface area (Å²) in [6.45, 7) is 3.74. The SMILES string of the molecule is CC(C)OC(=O)C=C1CN=C(c2ccccc2F)c2cc(Cl)ccc2N1. The third-order valence-corrected chi connectivity index (χ3v) is 3.95. The first kappa shape index (κ1) is 18.1. The Morgan fingerprint density at radius 2 is 2.04 bits per heavy atom. The third kappa shape index (κ3) is 4.11. The molecule has 0 unspecified atom stereocenters. The molecule has 2 aromatic carbocycles. The number of aliphatic imine (C=N–C) groups is 1. The maximum absolute atomic E-state index is 14.3. The Hall–Kier alpha value is -2.66. The van der Waals surface area contributed by atoms with E-state index in [-0.39, 0.29) is 18.5 Å². The lowest BCUT2D eigenvalue weighted by atomic mass is 10.00. The molecule has 6 heteroatoms. The smallest absolute Gasteiger partial charge is 0.332 e. The van der Waals surface area contributed by atoms with Crippen molar-refractivity contribution in [1.29, 1.82) is 0 Å². The van der Waals surface area contributed by atoms with Crippen LogP contribution in [0.25, 0.3) is 0 Å². The van der Waals surface area contributed by atoms with Gasteiger partial charge in [-0.2, -0.15) is 0 Å². The van der Waals surface area contributed by atoms with Crippen LogP contribution in [0.15, 0.2) is 59.2 Å². The van der Waals surface area contributed by atoms with Gasteiger partial charge in [-0.05, 0) is 44.2 Å². The highest BCUT2D eigenvalue weighted by Crippen LogP contribution is 2.28. The number of esters is 1. The van der Waals surface area contributed by atoms with Gasteiger partial charge < -0.3 is 10.1 Å². The quantitative estimate of drug-likeness (QED) is 0.634. The Labute approximate surface area is 156 Å². The number of anilines is 1. The van der Waals surface area contributed by atoms with Crippen molar-refractivity contribution in [2.45, 2.75) is 20.0 Å². The van der Waals surface area contributed by atoms with Crippen LogP contribution in [-0.2, 0) is 9.53 Å². The lowest BCUT2D eigenvalue weighted by molar-refractivity contribution is -0.141. The van der Waals surface area contributed by atoms with E-state index < -0.39 is 5.97 Å². The second-order valence-electron chi connectivity index (χ2n) is 6.11. The van der Waals surface area contributed by atoms with Gasteiger partial charge in [-0.15, -0.1) is 0 Å². The molecular weight excluding hydrogens is 355 g/mol. The molecule has 0 radical (unpaired) electrons. The number of benzene rings is 2. The first-order chi connectivity index (χ1) is 12.4. The van der Waals surface area contributed by atoms with Crippen molar-refractivity contribution in [3.63, 3.8) is 0 Å². The van der Waals surface area contributed by atoms with Crippen molar-refractivity contribution in [1.82, 2.24) is 0 Å². The van der Waals surface area contributed by atoms with E-state index in [1.54, 1.807) is 50.2 Å². The standard InChI is InChI=1S/C20H18ClFN2O2/c1-12(2)26-19(25)10-14-11-23-20(15-5-3-4-6-17(15)22)16-9-13(21)7-8-18(16)24-14/h3-10,12,24H,11H2,1-2H3. The zero-order chi connectivity index (χ0) is 18.7. The fourth-order valence-electron chi connectivity index (χ4n) is 2.66. The molecule has 26 heavy (non-hydrogen) atoms. The second-order valence-corrected chi connectivity index (χ2v) is 6.55. The third-order valence-electron chi connectivity index (χ3n) is 3.71. The van der Waals surface area contributed by atoms with Gasteiger partial charge in [0.15, 0.2) is 0 Å². The van der Waals surface area contributed by atoms with E-state index in [4.69, 9.17) is 16.3 Å². The summed E-state index contributed by atoms with van der Waals surface area (Å²) in [6, 6.07) is 11.7.